The Morgan fingerprint density at radius 2 is 1.20 bits per heavy atom. The van der Waals surface area contributed by atoms with Crippen molar-refractivity contribution in [3.8, 4) is 16.8 Å². The third-order valence-electron chi connectivity index (χ3n) is 8.30. The highest BCUT2D eigenvalue weighted by atomic mass is 16.3. The number of para-hydroxylation sites is 5. The van der Waals surface area contributed by atoms with Gasteiger partial charge in [-0.05, 0) is 41.4 Å². The highest BCUT2D eigenvalue weighted by molar-refractivity contribution is 6.50. The molecule has 0 saturated heterocycles. The van der Waals surface area contributed by atoms with Gasteiger partial charge in [0.1, 0.15) is 16.7 Å². The highest BCUT2D eigenvalue weighted by Crippen LogP contribution is 2.41. The molecule has 4 nitrogen and oxygen atoms in total. The number of fused-ring (bicyclic) bond motifs is 9. The Bertz CT molecular complexity index is 2480. The fraction of sp³-hybridized carbons (Fsp3) is 0. The van der Waals surface area contributed by atoms with E-state index in [1.165, 1.54) is 5.39 Å². The minimum atomic E-state index is 0.663. The predicted molar refractivity (Wildman–Crippen MR) is 168 cm³/mol. The molecular weight excluding hydrogens is 505 g/mol. The molecule has 0 aliphatic heterocycles. The van der Waals surface area contributed by atoms with Crippen molar-refractivity contribution < 1.29 is 13.9 Å². The van der Waals surface area contributed by atoms with Crippen molar-refractivity contribution in [2.24, 2.45) is 0 Å². The maximum atomic E-state index is 9.83. The summed E-state index contributed by atoms with van der Waals surface area (Å²) >= 11 is 0. The third kappa shape index (κ3) is 3.09. The van der Waals surface area contributed by atoms with Crippen LogP contribution < -0.4 is 5.46 Å². The van der Waals surface area contributed by atoms with Crippen LogP contribution in [-0.4, -0.2) is 17.1 Å². The number of hydrogen-bond acceptors (Lipinski definition) is 3. The number of aromatic nitrogens is 1. The molecular formula is C36H21BNO3. The summed E-state index contributed by atoms with van der Waals surface area (Å²) in [5.74, 6) is 0. The maximum absolute atomic E-state index is 9.83. The lowest BCUT2D eigenvalue weighted by molar-refractivity contribution is 0.613. The molecule has 41 heavy (non-hydrogen) atoms. The molecule has 1 radical (unpaired) electrons. The van der Waals surface area contributed by atoms with E-state index in [-0.39, 0.29) is 0 Å². The van der Waals surface area contributed by atoms with Gasteiger partial charge in [0.2, 0.25) is 0 Å². The van der Waals surface area contributed by atoms with Gasteiger partial charge in [0, 0.05) is 37.9 Å². The van der Waals surface area contributed by atoms with Gasteiger partial charge in [-0.15, -0.1) is 0 Å². The molecule has 9 rings (SSSR count). The van der Waals surface area contributed by atoms with E-state index in [9.17, 15) is 5.02 Å². The van der Waals surface area contributed by atoms with Gasteiger partial charge in [-0.2, -0.15) is 0 Å². The Kier molecular flexibility index (Phi) is 4.60. The van der Waals surface area contributed by atoms with Crippen molar-refractivity contribution in [3.05, 3.63) is 121 Å². The smallest absolute Gasteiger partial charge is 0.330 e. The summed E-state index contributed by atoms with van der Waals surface area (Å²) < 4.78 is 15.1. The van der Waals surface area contributed by atoms with Gasteiger partial charge in [-0.3, -0.25) is 0 Å². The molecule has 0 aliphatic rings. The second kappa shape index (κ2) is 8.37. The zero-order valence-corrected chi connectivity index (χ0v) is 21.8. The zero-order valence-electron chi connectivity index (χ0n) is 21.8. The van der Waals surface area contributed by atoms with Crippen LogP contribution in [0.4, 0.5) is 0 Å². The van der Waals surface area contributed by atoms with Crippen LogP contribution in [-0.2, 0) is 0 Å². The number of benzene rings is 6. The van der Waals surface area contributed by atoms with Gasteiger partial charge in [-0.25, -0.2) is 0 Å². The summed E-state index contributed by atoms with van der Waals surface area (Å²) in [6.07, 6.45) is 0. The summed E-state index contributed by atoms with van der Waals surface area (Å²) in [4.78, 5) is 0. The minimum absolute atomic E-state index is 0.663. The average molecular weight is 526 g/mol. The Morgan fingerprint density at radius 1 is 0.512 bits per heavy atom. The van der Waals surface area contributed by atoms with E-state index in [2.05, 4.69) is 95.6 Å². The lowest BCUT2D eigenvalue weighted by atomic mass is 9.87. The molecule has 5 heteroatoms. The zero-order chi connectivity index (χ0) is 27.1. The van der Waals surface area contributed by atoms with Crippen LogP contribution in [0.3, 0.4) is 0 Å². The molecule has 9 aromatic rings. The largest absolute Gasteiger partial charge is 0.455 e. The quantitative estimate of drug-likeness (QED) is 0.235. The van der Waals surface area contributed by atoms with Crippen LogP contribution in [0.5, 0.6) is 0 Å². The number of furan rings is 2. The Labute approximate surface area is 234 Å². The van der Waals surface area contributed by atoms with E-state index in [0.717, 1.165) is 79.0 Å². The van der Waals surface area contributed by atoms with Gasteiger partial charge in [0.05, 0.1) is 16.7 Å². The molecule has 0 saturated carbocycles. The fourth-order valence-corrected chi connectivity index (χ4v) is 6.48. The van der Waals surface area contributed by atoms with Crippen molar-refractivity contribution in [2.75, 3.05) is 0 Å². The van der Waals surface area contributed by atoms with E-state index < -0.39 is 0 Å². The van der Waals surface area contributed by atoms with Crippen LogP contribution >= 0.6 is 0 Å². The van der Waals surface area contributed by atoms with E-state index in [0.29, 0.717) is 11.0 Å². The van der Waals surface area contributed by atoms with Gasteiger partial charge in [0.25, 0.3) is 0 Å². The molecule has 0 atom stereocenters. The highest BCUT2D eigenvalue weighted by Gasteiger charge is 2.20. The molecule has 6 aromatic carbocycles. The molecule has 0 unspecified atom stereocenters. The topological polar surface area (TPSA) is 51.4 Å². The molecule has 0 aliphatic carbocycles. The molecule has 3 aromatic heterocycles. The van der Waals surface area contributed by atoms with Gasteiger partial charge in [-0.1, -0.05) is 91.0 Å². The first kappa shape index (κ1) is 22.5. The summed E-state index contributed by atoms with van der Waals surface area (Å²) in [6.45, 7) is 0. The first-order valence-corrected chi connectivity index (χ1v) is 13.7. The van der Waals surface area contributed by atoms with Crippen molar-refractivity contribution in [3.63, 3.8) is 0 Å². The molecule has 0 bridgehead atoms. The minimum Gasteiger partial charge on any atom is -0.455 e. The van der Waals surface area contributed by atoms with Crippen LogP contribution in [0.2, 0.25) is 0 Å². The van der Waals surface area contributed by atoms with Crippen LogP contribution in [0.15, 0.2) is 130 Å². The SMILES string of the molecule is O[B]c1cccc2c1oc1c(-n3c4ccccc4c4cc(-c5cccc6c5oc5ccccc56)ccc43)cccc12. The number of nitrogens with zero attached hydrogens (tertiary/aromatic N) is 1. The van der Waals surface area contributed by atoms with Crippen molar-refractivity contribution in [1.82, 2.24) is 4.57 Å². The second-order valence-corrected chi connectivity index (χ2v) is 10.5. The van der Waals surface area contributed by atoms with E-state index in [4.69, 9.17) is 8.83 Å². The molecule has 1 N–H and O–H groups in total. The lowest BCUT2D eigenvalue weighted by Gasteiger charge is -2.09. The molecule has 0 fully saturated rings. The van der Waals surface area contributed by atoms with Crippen molar-refractivity contribution in [1.29, 1.82) is 0 Å². The van der Waals surface area contributed by atoms with Gasteiger partial charge >= 0.3 is 7.48 Å². The summed E-state index contributed by atoms with van der Waals surface area (Å²) in [6, 6.07) is 41.8. The standard InChI is InChI=1S/C36H21BNO3/c39-37-29-14-6-12-26-27-13-7-16-32(36(27)41-35(26)29)38-30-15-3-1-8-23(30)28-20-21(18-19-31(28)38)22-10-5-11-25-24-9-2-4-17-33(24)40-34(22)25/h1-20,39H. The first-order valence-electron chi connectivity index (χ1n) is 13.7. The Hall–Kier alpha value is -5.26. The van der Waals surface area contributed by atoms with E-state index >= 15 is 0 Å². The molecule has 0 spiro atoms. The van der Waals surface area contributed by atoms with Crippen LogP contribution in [0, 0.1) is 0 Å². The van der Waals surface area contributed by atoms with Crippen LogP contribution in [0.25, 0.3) is 82.5 Å². The third-order valence-corrected chi connectivity index (χ3v) is 8.30. The van der Waals surface area contributed by atoms with Gasteiger partial charge < -0.3 is 18.4 Å². The van der Waals surface area contributed by atoms with E-state index in [1.54, 1.807) is 0 Å². The summed E-state index contributed by atoms with van der Waals surface area (Å²) in [5.41, 5.74) is 9.26. The Balaban J connectivity index is 1.33. The normalized spacial score (nSPS) is 12.0. The summed E-state index contributed by atoms with van der Waals surface area (Å²) in [7, 11) is 1.11. The van der Waals surface area contributed by atoms with E-state index in [1.807, 2.05) is 30.3 Å². The number of hydrogen-bond donors (Lipinski definition) is 1. The van der Waals surface area contributed by atoms with Crippen LogP contribution in [0.1, 0.15) is 0 Å². The van der Waals surface area contributed by atoms with Crippen molar-refractivity contribution >= 4 is 78.6 Å². The molecule has 0 amide bonds. The second-order valence-electron chi connectivity index (χ2n) is 10.5. The maximum Gasteiger partial charge on any atom is 0.330 e. The monoisotopic (exact) mass is 526 g/mol. The van der Waals surface area contributed by atoms with Gasteiger partial charge in [0.15, 0.2) is 5.58 Å². The first-order chi connectivity index (χ1) is 20.3. The number of rotatable bonds is 3. The molecule has 191 valence electrons. The predicted octanol–water partition coefficient (Wildman–Crippen LogP) is 8.49. The van der Waals surface area contributed by atoms with Crippen molar-refractivity contribution in [2.45, 2.75) is 0 Å². The summed E-state index contributed by atoms with van der Waals surface area (Å²) in [5, 5.41) is 16.4. The average Bonchev–Trinajstić information content (AvgIpc) is 3.70. The lowest BCUT2D eigenvalue weighted by Crippen LogP contribution is -2.13. The molecule has 3 heterocycles. The fourth-order valence-electron chi connectivity index (χ4n) is 6.48. The Morgan fingerprint density at radius 3 is 2.07 bits per heavy atom.